The van der Waals surface area contributed by atoms with E-state index < -0.39 is 33.2 Å². The van der Waals surface area contributed by atoms with Crippen molar-refractivity contribution in [2.45, 2.75) is 23.5 Å². The van der Waals surface area contributed by atoms with E-state index in [2.05, 4.69) is 0 Å². The maximum atomic E-state index is 13.4. The first-order chi connectivity index (χ1) is 10.8. The molecular weight excluding hydrogens is 329 g/mol. The molecule has 0 bridgehead atoms. The lowest BCUT2D eigenvalue weighted by atomic mass is 10.1. The van der Waals surface area contributed by atoms with E-state index in [9.17, 15) is 17.6 Å². The van der Waals surface area contributed by atoms with E-state index >= 15 is 0 Å². The second kappa shape index (κ2) is 5.82. The van der Waals surface area contributed by atoms with Gasteiger partial charge in [-0.05, 0) is 18.2 Å². The Labute approximate surface area is 132 Å². The predicted octanol–water partition coefficient (Wildman–Crippen LogP) is 1.05. The van der Waals surface area contributed by atoms with E-state index in [1.165, 1.54) is 4.31 Å². The fourth-order valence-corrected chi connectivity index (χ4v) is 4.30. The second-order valence-corrected chi connectivity index (χ2v) is 7.40. The monoisotopic (exact) mass is 345 g/mol. The summed E-state index contributed by atoms with van der Waals surface area (Å²) in [6.45, 7) is 1.38. The fraction of sp³-hybridized carbons (Fsp3) is 0.500. The maximum absolute atomic E-state index is 13.4. The number of ether oxygens (including phenoxy) is 2. The molecule has 23 heavy (non-hydrogen) atoms. The van der Waals surface area contributed by atoms with Crippen LogP contribution in [0, 0.1) is 5.82 Å². The number of carboxylic acid groups (broad SMARTS) is 1. The van der Waals surface area contributed by atoms with Gasteiger partial charge in [-0.3, -0.25) is 0 Å². The number of piperidine rings is 1. The van der Waals surface area contributed by atoms with Gasteiger partial charge in [0, 0.05) is 25.9 Å². The van der Waals surface area contributed by atoms with Crippen LogP contribution >= 0.6 is 0 Å². The summed E-state index contributed by atoms with van der Waals surface area (Å²) >= 11 is 0. The number of carboxylic acids is 1. The van der Waals surface area contributed by atoms with Crippen molar-refractivity contribution < 1.29 is 32.2 Å². The van der Waals surface area contributed by atoms with Gasteiger partial charge in [-0.25, -0.2) is 17.6 Å². The van der Waals surface area contributed by atoms with Gasteiger partial charge >= 0.3 is 5.97 Å². The van der Waals surface area contributed by atoms with Crippen LogP contribution in [0.1, 0.15) is 23.2 Å². The fourth-order valence-electron chi connectivity index (χ4n) is 2.83. The molecular formula is C14H16FNO6S. The van der Waals surface area contributed by atoms with Crippen LogP contribution < -0.4 is 0 Å². The Morgan fingerprint density at radius 2 is 1.83 bits per heavy atom. The molecule has 1 aromatic carbocycles. The third-order valence-corrected chi connectivity index (χ3v) is 6.00. The molecule has 1 aromatic rings. The molecule has 0 amide bonds. The van der Waals surface area contributed by atoms with Crippen LogP contribution in [0.5, 0.6) is 0 Å². The number of rotatable bonds is 3. The number of benzene rings is 1. The van der Waals surface area contributed by atoms with Crippen LogP contribution in [0.15, 0.2) is 23.1 Å². The van der Waals surface area contributed by atoms with Crippen molar-refractivity contribution in [2.24, 2.45) is 0 Å². The van der Waals surface area contributed by atoms with Gasteiger partial charge in [-0.2, -0.15) is 4.31 Å². The molecule has 2 aliphatic heterocycles. The first-order valence-electron chi connectivity index (χ1n) is 7.15. The molecule has 0 saturated carbocycles. The quantitative estimate of drug-likeness (QED) is 0.880. The van der Waals surface area contributed by atoms with Gasteiger partial charge in [-0.1, -0.05) is 0 Å². The lowest BCUT2D eigenvalue weighted by Gasteiger charge is -2.36. The van der Waals surface area contributed by atoms with Gasteiger partial charge in [0.25, 0.3) is 0 Å². The Bertz CT molecular complexity index is 719. The SMILES string of the molecule is O=C(O)c1cc(S(=O)(=O)N2CCC3(CC2)OCCO3)ccc1F. The molecule has 0 atom stereocenters. The first kappa shape index (κ1) is 16.3. The van der Waals surface area contributed by atoms with Crippen molar-refractivity contribution in [1.29, 1.82) is 0 Å². The minimum absolute atomic E-state index is 0.197. The van der Waals surface area contributed by atoms with E-state index in [1.807, 2.05) is 0 Å². The van der Waals surface area contributed by atoms with E-state index in [0.29, 0.717) is 26.1 Å². The molecule has 0 radical (unpaired) electrons. The molecule has 2 aliphatic rings. The molecule has 1 N–H and O–H groups in total. The predicted molar refractivity (Wildman–Crippen MR) is 76.0 cm³/mol. The van der Waals surface area contributed by atoms with Crippen molar-refractivity contribution in [3.8, 4) is 0 Å². The Balaban J connectivity index is 1.82. The number of hydrogen-bond acceptors (Lipinski definition) is 5. The van der Waals surface area contributed by atoms with Crippen LogP contribution in [0.25, 0.3) is 0 Å². The summed E-state index contributed by atoms with van der Waals surface area (Å²) in [5.74, 6) is -3.19. The summed E-state index contributed by atoms with van der Waals surface area (Å²) in [7, 11) is -3.89. The summed E-state index contributed by atoms with van der Waals surface area (Å²) in [4.78, 5) is 10.7. The van der Waals surface area contributed by atoms with Gasteiger partial charge in [0.2, 0.25) is 10.0 Å². The van der Waals surface area contributed by atoms with Gasteiger partial charge in [0.1, 0.15) is 5.82 Å². The molecule has 9 heteroatoms. The Hall–Kier alpha value is -1.55. The van der Waals surface area contributed by atoms with Crippen molar-refractivity contribution in [2.75, 3.05) is 26.3 Å². The van der Waals surface area contributed by atoms with Crippen LogP contribution in [0.4, 0.5) is 4.39 Å². The molecule has 2 fully saturated rings. The van der Waals surface area contributed by atoms with Gasteiger partial charge < -0.3 is 14.6 Å². The van der Waals surface area contributed by atoms with Gasteiger partial charge in [0.05, 0.1) is 23.7 Å². The van der Waals surface area contributed by atoms with Crippen LogP contribution in [0.3, 0.4) is 0 Å². The van der Waals surface area contributed by atoms with Gasteiger partial charge in [-0.15, -0.1) is 0 Å². The van der Waals surface area contributed by atoms with Crippen LogP contribution in [0.2, 0.25) is 0 Å². The molecule has 2 saturated heterocycles. The third-order valence-electron chi connectivity index (χ3n) is 4.10. The van der Waals surface area contributed by atoms with E-state index in [4.69, 9.17) is 14.6 Å². The molecule has 0 unspecified atom stereocenters. The Morgan fingerprint density at radius 3 is 2.39 bits per heavy atom. The number of aromatic carboxylic acids is 1. The minimum Gasteiger partial charge on any atom is -0.478 e. The summed E-state index contributed by atoms with van der Waals surface area (Å²) in [6.07, 6.45) is 0.804. The number of halogens is 1. The zero-order chi connectivity index (χ0) is 16.7. The second-order valence-electron chi connectivity index (χ2n) is 5.46. The zero-order valence-electron chi connectivity index (χ0n) is 12.2. The summed E-state index contributed by atoms with van der Waals surface area (Å²) in [5.41, 5.74) is -0.665. The molecule has 7 nitrogen and oxygen atoms in total. The van der Waals surface area contributed by atoms with Gasteiger partial charge in [0.15, 0.2) is 5.79 Å². The highest BCUT2D eigenvalue weighted by atomic mass is 32.2. The third kappa shape index (κ3) is 2.97. The molecule has 0 aromatic heterocycles. The number of carbonyl (C=O) groups is 1. The lowest BCUT2D eigenvalue weighted by Crippen LogP contribution is -2.47. The highest BCUT2D eigenvalue weighted by Crippen LogP contribution is 2.33. The van der Waals surface area contributed by atoms with Crippen molar-refractivity contribution in [3.05, 3.63) is 29.6 Å². The topological polar surface area (TPSA) is 93.1 Å². The normalized spacial score (nSPS) is 21.6. The average Bonchev–Trinajstić information content (AvgIpc) is 2.96. The Kier molecular flexibility index (Phi) is 4.13. The number of sulfonamides is 1. The van der Waals surface area contributed by atoms with Crippen molar-refractivity contribution in [3.63, 3.8) is 0 Å². The lowest BCUT2D eigenvalue weighted by molar-refractivity contribution is -0.179. The zero-order valence-corrected chi connectivity index (χ0v) is 13.0. The standard InChI is InChI=1S/C14H16FNO6S/c15-12-2-1-10(9-11(12)13(17)18)23(19,20)16-5-3-14(4-6-16)21-7-8-22-14/h1-2,9H,3-8H2,(H,17,18). The van der Waals surface area contributed by atoms with E-state index in [-0.39, 0.29) is 18.0 Å². The molecule has 0 aliphatic carbocycles. The molecule has 126 valence electrons. The summed E-state index contributed by atoms with van der Waals surface area (Å²) in [6, 6.07) is 2.77. The number of nitrogens with zero attached hydrogens (tertiary/aromatic N) is 1. The summed E-state index contributed by atoms with van der Waals surface area (Å²) in [5, 5.41) is 8.92. The van der Waals surface area contributed by atoms with E-state index in [0.717, 1.165) is 18.2 Å². The highest BCUT2D eigenvalue weighted by Gasteiger charge is 2.42. The minimum atomic E-state index is -3.89. The van der Waals surface area contributed by atoms with Crippen molar-refractivity contribution >= 4 is 16.0 Å². The molecule has 1 spiro atoms. The van der Waals surface area contributed by atoms with Crippen molar-refractivity contribution in [1.82, 2.24) is 4.31 Å². The van der Waals surface area contributed by atoms with E-state index in [1.54, 1.807) is 0 Å². The van der Waals surface area contributed by atoms with Crippen LogP contribution in [-0.2, 0) is 19.5 Å². The van der Waals surface area contributed by atoms with Crippen LogP contribution in [-0.4, -0.2) is 55.9 Å². The highest BCUT2D eigenvalue weighted by molar-refractivity contribution is 7.89. The largest absolute Gasteiger partial charge is 0.478 e. The maximum Gasteiger partial charge on any atom is 0.338 e. The molecule has 3 rings (SSSR count). The number of hydrogen-bond donors (Lipinski definition) is 1. The average molecular weight is 345 g/mol. The first-order valence-corrected chi connectivity index (χ1v) is 8.59. The molecule has 2 heterocycles. The summed E-state index contributed by atoms with van der Waals surface area (Å²) < 4.78 is 51.0. The smallest absolute Gasteiger partial charge is 0.338 e. The Morgan fingerprint density at radius 1 is 1.22 bits per heavy atom.